The van der Waals surface area contributed by atoms with Crippen LogP contribution in [0.15, 0.2) is 10.5 Å². The molecule has 0 spiro atoms. The molecule has 2 rings (SSSR count). The topological polar surface area (TPSA) is 12.0 Å². The van der Waals surface area contributed by atoms with Gasteiger partial charge in [-0.1, -0.05) is 18.0 Å². The fraction of sp³-hybridized carbons (Fsp3) is 0.667. The molecule has 4 heteroatoms. The van der Waals surface area contributed by atoms with Gasteiger partial charge >= 0.3 is 0 Å². The average molecular weight is 323 g/mol. The van der Waals surface area contributed by atoms with Crippen LogP contribution >= 0.6 is 38.9 Å². The van der Waals surface area contributed by atoms with Crippen LogP contribution in [0, 0.1) is 0 Å². The minimum absolute atomic E-state index is 0.854. The van der Waals surface area contributed by atoms with E-state index in [2.05, 4.69) is 27.3 Å². The van der Waals surface area contributed by atoms with Crippen LogP contribution in [-0.2, 0) is 6.42 Å². The predicted octanol–water partition coefficient (Wildman–Crippen LogP) is 4.63. The van der Waals surface area contributed by atoms with Gasteiger partial charge in [0.2, 0.25) is 0 Å². The van der Waals surface area contributed by atoms with Gasteiger partial charge in [-0.05, 0) is 60.6 Å². The van der Waals surface area contributed by atoms with E-state index in [1.165, 1.54) is 49.9 Å². The molecule has 1 saturated carbocycles. The van der Waals surface area contributed by atoms with Crippen molar-refractivity contribution in [1.82, 2.24) is 5.32 Å². The van der Waals surface area contributed by atoms with Crippen LogP contribution in [0.2, 0.25) is 4.34 Å². The number of aryl methyl sites for hydroxylation is 1. The molecule has 0 radical (unpaired) electrons. The zero-order chi connectivity index (χ0) is 11.4. The number of unbranched alkanes of at least 4 members (excludes halogenated alkanes) is 2. The molecule has 16 heavy (non-hydrogen) atoms. The SMILES string of the molecule is Clc1sc(CCCCCNC2CC2)cc1Br. The molecular weight excluding hydrogens is 306 g/mol. The molecule has 1 aliphatic carbocycles. The van der Waals surface area contributed by atoms with Crippen molar-refractivity contribution >= 4 is 38.9 Å². The highest BCUT2D eigenvalue weighted by Gasteiger charge is 2.19. The summed E-state index contributed by atoms with van der Waals surface area (Å²) >= 11 is 11.1. The van der Waals surface area contributed by atoms with E-state index in [1.807, 2.05) is 0 Å². The zero-order valence-corrected chi connectivity index (χ0v) is 12.4. The third-order valence-electron chi connectivity index (χ3n) is 2.81. The second-order valence-electron chi connectivity index (χ2n) is 4.37. The number of nitrogens with one attached hydrogen (secondary N) is 1. The van der Waals surface area contributed by atoms with Crippen molar-refractivity contribution in [3.63, 3.8) is 0 Å². The Hall–Kier alpha value is 0.430. The molecule has 1 heterocycles. The van der Waals surface area contributed by atoms with E-state index in [0.29, 0.717) is 0 Å². The van der Waals surface area contributed by atoms with Crippen molar-refractivity contribution in [2.45, 2.75) is 44.6 Å². The highest BCUT2D eigenvalue weighted by Crippen LogP contribution is 2.32. The third kappa shape index (κ3) is 4.36. The molecule has 1 N–H and O–H groups in total. The molecule has 90 valence electrons. The Balaban J connectivity index is 1.53. The molecule has 1 aromatic heterocycles. The van der Waals surface area contributed by atoms with Crippen LogP contribution in [0.3, 0.4) is 0 Å². The molecule has 1 nitrogen and oxygen atoms in total. The molecule has 0 saturated heterocycles. The molecule has 0 bridgehead atoms. The first-order valence-corrected chi connectivity index (χ1v) is 7.91. The first-order chi connectivity index (χ1) is 7.75. The third-order valence-corrected chi connectivity index (χ3v) is 5.34. The van der Waals surface area contributed by atoms with Crippen LogP contribution in [0.1, 0.15) is 37.0 Å². The fourth-order valence-corrected chi connectivity index (χ4v) is 3.54. The van der Waals surface area contributed by atoms with Crippen molar-refractivity contribution in [1.29, 1.82) is 0 Å². The van der Waals surface area contributed by atoms with E-state index < -0.39 is 0 Å². The predicted molar refractivity (Wildman–Crippen MR) is 75.6 cm³/mol. The van der Waals surface area contributed by atoms with E-state index in [-0.39, 0.29) is 0 Å². The Kier molecular flexibility index (Phi) is 5.14. The Bertz CT molecular complexity index is 316. The van der Waals surface area contributed by atoms with Crippen LogP contribution in [0.25, 0.3) is 0 Å². The molecule has 1 fully saturated rings. The van der Waals surface area contributed by atoms with E-state index in [4.69, 9.17) is 11.6 Å². The molecule has 0 amide bonds. The molecule has 0 aromatic carbocycles. The minimum atomic E-state index is 0.854. The average Bonchev–Trinajstić information content (AvgIpc) is 3.01. The van der Waals surface area contributed by atoms with Gasteiger partial charge in [0, 0.05) is 15.4 Å². The van der Waals surface area contributed by atoms with Crippen molar-refractivity contribution in [2.75, 3.05) is 6.54 Å². The highest BCUT2D eigenvalue weighted by atomic mass is 79.9. The summed E-state index contributed by atoms with van der Waals surface area (Å²) in [5, 5.41) is 3.54. The quantitative estimate of drug-likeness (QED) is 0.722. The Morgan fingerprint density at radius 1 is 1.38 bits per heavy atom. The molecule has 1 aromatic rings. The van der Waals surface area contributed by atoms with Crippen molar-refractivity contribution in [2.24, 2.45) is 0 Å². The standard InChI is InChI=1S/C12H17BrClNS/c13-11-8-10(16-12(11)14)4-2-1-3-7-15-9-5-6-9/h8-9,15H,1-7H2. The first-order valence-electron chi connectivity index (χ1n) is 5.93. The van der Waals surface area contributed by atoms with Crippen LogP contribution in [0.5, 0.6) is 0 Å². The number of halogens is 2. The van der Waals surface area contributed by atoms with Crippen molar-refractivity contribution < 1.29 is 0 Å². The fourth-order valence-electron chi connectivity index (χ4n) is 1.71. The summed E-state index contributed by atoms with van der Waals surface area (Å²) in [5.41, 5.74) is 0. The smallest absolute Gasteiger partial charge is 0.107 e. The lowest BCUT2D eigenvalue weighted by atomic mass is 10.2. The van der Waals surface area contributed by atoms with Gasteiger partial charge in [-0.2, -0.15) is 0 Å². The summed E-state index contributed by atoms with van der Waals surface area (Å²) in [6.07, 6.45) is 7.84. The summed E-state index contributed by atoms with van der Waals surface area (Å²) in [5.74, 6) is 0. The molecule has 0 aliphatic heterocycles. The van der Waals surface area contributed by atoms with Gasteiger partial charge in [-0.3, -0.25) is 0 Å². The molecule has 0 atom stereocenters. The van der Waals surface area contributed by atoms with Crippen LogP contribution < -0.4 is 5.32 Å². The number of hydrogen-bond acceptors (Lipinski definition) is 2. The minimum Gasteiger partial charge on any atom is -0.314 e. The maximum Gasteiger partial charge on any atom is 0.107 e. The summed E-state index contributed by atoms with van der Waals surface area (Å²) in [4.78, 5) is 1.40. The summed E-state index contributed by atoms with van der Waals surface area (Å²) in [7, 11) is 0. The monoisotopic (exact) mass is 321 g/mol. The Labute approximate surface area is 115 Å². The second-order valence-corrected chi connectivity index (χ2v) is 6.97. The lowest BCUT2D eigenvalue weighted by molar-refractivity contribution is 0.601. The maximum absolute atomic E-state index is 6.00. The van der Waals surface area contributed by atoms with E-state index in [9.17, 15) is 0 Å². The van der Waals surface area contributed by atoms with E-state index in [0.717, 1.165) is 14.9 Å². The van der Waals surface area contributed by atoms with Crippen LogP contribution in [0.4, 0.5) is 0 Å². The second kappa shape index (κ2) is 6.39. The van der Waals surface area contributed by atoms with Gasteiger partial charge in [-0.15, -0.1) is 11.3 Å². The van der Waals surface area contributed by atoms with Gasteiger partial charge in [-0.25, -0.2) is 0 Å². The van der Waals surface area contributed by atoms with Crippen LogP contribution in [-0.4, -0.2) is 12.6 Å². The zero-order valence-electron chi connectivity index (χ0n) is 9.27. The number of thiophene rings is 1. The molecule has 1 aliphatic rings. The Morgan fingerprint density at radius 3 is 2.81 bits per heavy atom. The summed E-state index contributed by atoms with van der Waals surface area (Å²) in [6, 6.07) is 3.00. The van der Waals surface area contributed by atoms with Crippen molar-refractivity contribution in [3.8, 4) is 0 Å². The maximum atomic E-state index is 6.00. The van der Waals surface area contributed by atoms with Gasteiger partial charge in [0.25, 0.3) is 0 Å². The normalized spacial score (nSPS) is 15.6. The van der Waals surface area contributed by atoms with E-state index in [1.54, 1.807) is 11.3 Å². The lowest BCUT2D eigenvalue weighted by Gasteiger charge is -2.01. The summed E-state index contributed by atoms with van der Waals surface area (Å²) in [6.45, 7) is 1.19. The first kappa shape index (κ1) is 12.9. The largest absolute Gasteiger partial charge is 0.314 e. The summed E-state index contributed by atoms with van der Waals surface area (Å²) < 4.78 is 1.93. The van der Waals surface area contributed by atoms with Gasteiger partial charge in [0.15, 0.2) is 0 Å². The highest BCUT2D eigenvalue weighted by molar-refractivity contribution is 9.10. The van der Waals surface area contributed by atoms with E-state index >= 15 is 0 Å². The Morgan fingerprint density at radius 2 is 2.19 bits per heavy atom. The van der Waals surface area contributed by atoms with Gasteiger partial charge in [0.05, 0.1) is 0 Å². The van der Waals surface area contributed by atoms with Gasteiger partial charge in [0.1, 0.15) is 4.34 Å². The number of rotatable bonds is 7. The van der Waals surface area contributed by atoms with Crippen molar-refractivity contribution in [3.05, 3.63) is 19.8 Å². The molecular formula is C12H17BrClNS. The number of hydrogen-bond donors (Lipinski definition) is 1. The molecule has 0 unspecified atom stereocenters. The lowest BCUT2D eigenvalue weighted by Crippen LogP contribution is -2.17. The van der Waals surface area contributed by atoms with Gasteiger partial charge < -0.3 is 5.32 Å².